The molecule has 1 saturated carbocycles. The Morgan fingerprint density at radius 1 is 1.00 bits per heavy atom. The molecule has 3 rings (SSSR count). The molecule has 0 bridgehead atoms. The van der Waals surface area contributed by atoms with Gasteiger partial charge in [-0.2, -0.15) is 0 Å². The second-order valence-corrected chi connectivity index (χ2v) is 9.42. The van der Waals surface area contributed by atoms with Gasteiger partial charge >= 0.3 is 0 Å². The van der Waals surface area contributed by atoms with E-state index in [1.165, 1.54) is 0 Å². The molecule has 1 aliphatic carbocycles. The smallest absolute Gasteiger partial charge is 0.242 e. The van der Waals surface area contributed by atoms with Crippen LogP contribution >= 0.6 is 23.2 Å². The molecule has 2 aromatic rings. The van der Waals surface area contributed by atoms with Gasteiger partial charge in [0.1, 0.15) is 6.04 Å². The third-order valence-electron chi connectivity index (χ3n) is 5.84. The van der Waals surface area contributed by atoms with Crippen molar-refractivity contribution in [1.29, 1.82) is 0 Å². The van der Waals surface area contributed by atoms with Crippen LogP contribution < -0.4 is 5.32 Å². The third-order valence-corrected chi connectivity index (χ3v) is 6.58. The lowest BCUT2D eigenvalue weighted by atomic mass is 10.0. The first kappa shape index (κ1) is 23.6. The van der Waals surface area contributed by atoms with Crippen LogP contribution in [0.4, 0.5) is 0 Å². The molecule has 0 heterocycles. The molecule has 0 spiro atoms. The Labute approximate surface area is 194 Å². The molecule has 0 unspecified atom stereocenters. The molecular weight excluding hydrogens is 431 g/mol. The van der Waals surface area contributed by atoms with Crippen LogP contribution in [0, 0.1) is 13.8 Å². The lowest BCUT2D eigenvalue weighted by molar-refractivity contribution is -0.140. The highest BCUT2D eigenvalue weighted by molar-refractivity contribution is 6.42. The van der Waals surface area contributed by atoms with Crippen LogP contribution in [0.5, 0.6) is 0 Å². The molecule has 1 N–H and O–H groups in total. The van der Waals surface area contributed by atoms with Gasteiger partial charge in [0.25, 0.3) is 0 Å². The second kappa shape index (κ2) is 10.5. The first-order valence-electron chi connectivity index (χ1n) is 10.8. The molecule has 4 nitrogen and oxygen atoms in total. The predicted octanol–water partition coefficient (Wildman–Crippen LogP) is 5.63. The van der Waals surface area contributed by atoms with Crippen LogP contribution in [0.1, 0.15) is 54.9 Å². The highest BCUT2D eigenvalue weighted by Gasteiger charge is 2.28. The number of rotatable bonds is 7. The van der Waals surface area contributed by atoms with Gasteiger partial charge in [0, 0.05) is 12.6 Å². The van der Waals surface area contributed by atoms with Crippen molar-refractivity contribution >= 4 is 35.0 Å². The molecule has 6 heteroatoms. The second-order valence-electron chi connectivity index (χ2n) is 8.61. The number of nitrogens with one attached hydrogen (secondary N) is 1. The standard InChI is InChI=1S/C25H30Cl2N2O2/c1-16-10-17(2)12-20(11-16)14-24(30)29(15-19-8-9-22(26)23(27)13-19)18(3)25(31)28-21-6-4-5-7-21/h8-13,18,21H,4-7,14-15H2,1-3H3,(H,28,31)/t18-/m0/s1. The monoisotopic (exact) mass is 460 g/mol. The lowest BCUT2D eigenvalue weighted by Gasteiger charge is -2.30. The number of hydrogen-bond donors (Lipinski definition) is 1. The Hall–Kier alpha value is -2.04. The quantitative estimate of drug-likeness (QED) is 0.581. The highest BCUT2D eigenvalue weighted by Crippen LogP contribution is 2.24. The molecule has 2 aromatic carbocycles. The van der Waals surface area contributed by atoms with Gasteiger partial charge < -0.3 is 10.2 Å². The Balaban J connectivity index is 1.81. The molecule has 1 fully saturated rings. The minimum Gasteiger partial charge on any atom is -0.352 e. The number of hydrogen-bond acceptors (Lipinski definition) is 2. The fourth-order valence-corrected chi connectivity index (χ4v) is 4.58. The molecule has 2 amide bonds. The van der Waals surface area contributed by atoms with Crippen molar-refractivity contribution in [1.82, 2.24) is 10.2 Å². The maximum absolute atomic E-state index is 13.4. The molecule has 1 aliphatic rings. The summed E-state index contributed by atoms with van der Waals surface area (Å²) < 4.78 is 0. The Bertz CT molecular complexity index is 934. The zero-order valence-electron chi connectivity index (χ0n) is 18.4. The largest absolute Gasteiger partial charge is 0.352 e. The predicted molar refractivity (Wildman–Crippen MR) is 126 cm³/mol. The van der Waals surface area contributed by atoms with Crippen molar-refractivity contribution in [2.24, 2.45) is 0 Å². The van der Waals surface area contributed by atoms with E-state index in [1.807, 2.05) is 32.0 Å². The van der Waals surface area contributed by atoms with Crippen LogP contribution in [0.15, 0.2) is 36.4 Å². The summed E-state index contributed by atoms with van der Waals surface area (Å²) in [5, 5.41) is 4.02. The summed E-state index contributed by atoms with van der Waals surface area (Å²) in [7, 11) is 0. The number of amides is 2. The zero-order valence-corrected chi connectivity index (χ0v) is 19.9. The average molecular weight is 461 g/mol. The van der Waals surface area contributed by atoms with Crippen molar-refractivity contribution in [3.05, 3.63) is 68.7 Å². The summed E-state index contributed by atoms with van der Waals surface area (Å²) in [4.78, 5) is 28.0. The maximum atomic E-state index is 13.4. The van der Waals surface area contributed by atoms with Gasteiger partial charge in [0.15, 0.2) is 0 Å². The summed E-state index contributed by atoms with van der Waals surface area (Å²) in [6.45, 7) is 6.12. The first-order valence-corrected chi connectivity index (χ1v) is 11.6. The molecule has 166 valence electrons. The van der Waals surface area contributed by atoms with E-state index >= 15 is 0 Å². The SMILES string of the molecule is Cc1cc(C)cc(CC(=O)N(Cc2ccc(Cl)c(Cl)c2)[C@@H](C)C(=O)NC2CCCC2)c1. The molecular formula is C25H30Cl2N2O2. The Morgan fingerprint density at radius 3 is 2.26 bits per heavy atom. The van der Waals surface area contributed by atoms with Crippen LogP contribution in [-0.2, 0) is 22.6 Å². The lowest BCUT2D eigenvalue weighted by Crippen LogP contribution is -2.50. The number of carbonyl (C=O) groups is 2. The van der Waals surface area contributed by atoms with E-state index in [2.05, 4.69) is 11.4 Å². The van der Waals surface area contributed by atoms with Gasteiger partial charge in [0.2, 0.25) is 11.8 Å². The Morgan fingerprint density at radius 2 is 1.65 bits per heavy atom. The van der Waals surface area contributed by atoms with Gasteiger partial charge in [-0.15, -0.1) is 0 Å². The molecule has 31 heavy (non-hydrogen) atoms. The van der Waals surface area contributed by atoms with Gasteiger partial charge in [-0.3, -0.25) is 9.59 Å². The molecule has 0 radical (unpaired) electrons. The molecule has 1 atom stereocenters. The summed E-state index contributed by atoms with van der Waals surface area (Å²) in [5.41, 5.74) is 4.02. The first-order chi connectivity index (χ1) is 14.7. The van der Waals surface area contributed by atoms with E-state index in [0.29, 0.717) is 16.6 Å². The van der Waals surface area contributed by atoms with E-state index in [-0.39, 0.29) is 24.3 Å². The van der Waals surface area contributed by atoms with Crippen LogP contribution in [0.25, 0.3) is 0 Å². The van der Waals surface area contributed by atoms with Gasteiger partial charge in [-0.25, -0.2) is 0 Å². The number of nitrogens with zero attached hydrogens (tertiary/aromatic N) is 1. The number of aryl methyl sites for hydroxylation is 2. The van der Waals surface area contributed by atoms with Crippen molar-refractivity contribution in [3.63, 3.8) is 0 Å². The fraction of sp³-hybridized carbons (Fsp3) is 0.440. The number of carbonyl (C=O) groups excluding carboxylic acids is 2. The van der Waals surface area contributed by atoms with E-state index in [4.69, 9.17) is 23.2 Å². The van der Waals surface area contributed by atoms with Gasteiger partial charge in [-0.1, -0.05) is 71.4 Å². The third kappa shape index (κ3) is 6.47. The van der Waals surface area contributed by atoms with Gasteiger partial charge in [0.05, 0.1) is 16.5 Å². The van der Waals surface area contributed by atoms with Crippen LogP contribution in [-0.4, -0.2) is 28.8 Å². The summed E-state index contributed by atoms with van der Waals surface area (Å²) in [5.74, 6) is -0.203. The van der Waals surface area contributed by atoms with E-state index in [9.17, 15) is 9.59 Å². The fourth-order valence-electron chi connectivity index (χ4n) is 4.26. The van der Waals surface area contributed by atoms with Gasteiger partial charge in [-0.05, 0) is 56.9 Å². The summed E-state index contributed by atoms with van der Waals surface area (Å²) >= 11 is 12.2. The van der Waals surface area contributed by atoms with Crippen LogP contribution in [0.3, 0.4) is 0 Å². The minimum atomic E-state index is -0.589. The normalized spacial score (nSPS) is 15.0. The van der Waals surface area contributed by atoms with Crippen molar-refractivity contribution in [2.45, 2.75) is 71.5 Å². The maximum Gasteiger partial charge on any atom is 0.242 e. The summed E-state index contributed by atoms with van der Waals surface area (Å²) in [6, 6.07) is 11.0. The minimum absolute atomic E-state index is 0.0925. The number of halogens is 2. The Kier molecular flexibility index (Phi) is 8.01. The highest BCUT2D eigenvalue weighted by atomic mass is 35.5. The topological polar surface area (TPSA) is 49.4 Å². The average Bonchev–Trinajstić information content (AvgIpc) is 3.20. The molecule has 0 aliphatic heterocycles. The van der Waals surface area contributed by atoms with Crippen molar-refractivity contribution < 1.29 is 9.59 Å². The van der Waals surface area contributed by atoms with E-state index in [0.717, 1.165) is 47.9 Å². The van der Waals surface area contributed by atoms with Crippen LogP contribution in [0.2, 0.25) is 10.0 Å². The van der Waals surface area contributed by atoms with Crippen molar-refractivity contribution in [3.8, 4) is 0 Å². The number of benzene rings is 2. The summed E-state index contributed by atoms with van der Waals surface area (Å²) in [6.07, 6.45) is 4.52. The molecule has 0 saturated heterocycles. The van der Waals surface area contributed by atoms with E-state index in [1.54, 1.807) is 24.0 Å². The van der Waals surface area contributed by atoms with Crippen molar-refractivity contribution in [2.75, 3.05) is 0 Å². The molecule has 0 aromatic heterocycles. The van der Waals surface area contributed by atoms with E-state index < -0.39 is 6.04 Å². The zero-order chi connectivity index (χ0) is 22.5.